The summed E-state index contributed by atoms with van der Waals surface area (Å²) in [6, 6.07) is 2.72. The lowest BCUT2D eigenvalue weighted by Gasteiger charge is -2.28. The second-order valence-electron chi connectivity index (χ2n) is 6.47. The number of anilines is 1. The Morgan fingerprint density at radius 2 is 1.95 bits per heavy atom. The minimum absolute atomic E-state index is 0.139. The highest BCUT2D eigenvalue weighted by Crippen LogP contribution is 2.20. The van der Waals surface area contributed by atoms with Gasteiger partial charge in [0, 0.05) is 30.9 Å². The van der Waals surface area contributed by atoms with Gasteiger partial charge in [-0.05, 0) is 65.7 Å². The molecule has 0 bridgehead atoms. The van der Waals surface area contributed by atoms with E-state index in [9.17, 15) is 0 Å². The minimum atomic E-state index is 0.139. The van der Waals surface area contributed by atoms with E-state index in [-0.39, 0.29) is 5.54 Å². The second kappa shape index (κ2) is 6.38. The molecule has 1 aromatic rings. The van der Waals surface area contributed by atoms with Gasteiger partial charge < -0.3 is 10.2 Å². The van der Waals surface area contributed by atoms with Crippen LogP contribution in [0.4, 0.5) is 5.82 Å². The van der Waals surface area contributed by atoms with Gasteiger partial charge in [-0.1, -0.05) is 0 Å². The molecule has 0 amide bonds. The molecular formula is C16H29N3. The maximum atomic E-state index is 4.66. The van der Waals surface area contributed by atoms with Crippen molar-refractivity contribution in [2.45, 2.75) is 66.6 Å². The molecule has 1 N–H and O–H groups in total. The topological polar surface area (TPSA) is 28.2 Å². The predicted octanol–water partition coefficient (Wildman–Crippen LogP) is 3.51. The summed E-state index contributed by atoms with van der Waals surface area (Å²) >= 11 is 0. The maximum absolute atomic E-state index is 4.66. The molecule has 0 saturated heterocycles. The van der Waals surface area contributed by atoms with Crippen LogP contribution >= 0.6 is 0 Å². The van der Waals surface area contributed by atoms with E-state index in [0.29, 0.717) is 6.04 Å². The van der Waals surface area contributed by atoms with Crippen LogP contribution in [0.15, 0.2) is 12.3 Å². The highest BCUT2D eigenvalue weighted by Gasteiger charge is 2.13. The number of aromatic nitrogens is 1. The monoisotopic (exact) mass is 263 g/mol. The molecule has 19 heavy (non-hydrogen) atoms. The van der Waals surface area contributed by atoms with E-state index in [4.69, 9.17) is 0 Å². The Kier molecular flexibility index (Phi) is 5.36. The molecule has 0 aliphatic carbocycles. The lowest BCUT2D eigenvalue weighted by Crippen LogP contribution is -2.35. The van der Waals surface area contributed by atoms with Crippen molar-refractivity contribution in [1.82, 2.24) is 10.3 Å². The number of aryl methyl sites for hydroxylation is 1. The quantitative estimate of drug-likeness (QED) is 0.881. The van der Waals surface area contributed by atoms with Gasteiger partial charge in [0.15, 0.2) is 0 Å². The maximum Gasteiger partial charge on any atom is 0.131 e. The minimum Gasteiger partial charge on any atom is -0.354 e. The van der Waals surface area contributed by atoms with Crippen LogP contribution < -0.4 is 10.2 Å². The van der Waals surface area contributed by atoms with Crippen LogP contribution in [0.5, 0.6) is 0 Å². The molecule has 0 radical (unpaired) electrons. The molecule has 0 fully saturated rings. The highest BCUT2D eigenvalue weighted by atomic mass is 15.2. The van der Waals surface area contributed by atoms with Crippen molar-refractivity contribution in [2.75, 3.05) is 11.4 Å². The Balaban J connectivity index is 2.85. The van der Waals surface area contributed by atoms with E-state index in [0.717, 1.165) is 18.9 Å². The molecule has 3 nitrogen and oxygen atoms in total. The first-order chi connectivity index (χ1) is 8.74. The van der Waals surface area contributed by atoms with E-state index in [2.05, 4.69) is 69.7 Å². The molecule has 0 spiro atoms. The Labute approximate surface area is 118 Å². The van der Waals surface area contributed by atoms with Gasteiger partial charge in [-0.3, -0.25) is 0 Å². The van der Waals surface area contributed by atoms with Gasteiger partial charge in [0.1, 0.15) is 5.82 Å². The first-order valence-corrected chi connectivity index (χ1v) is 7.21. The summed E-state index contributed by atoms with van der Waals surface area (Å²) in [4.78, 5) is 6.99. The third-order valence-corrected chi connectivity index (χ3v) is 3.17. The molecular weight excluding hydrogens is 234 g/mol. The van der Waals surface area contributed by atoms with Crippen LogP contribution in [0.2, 0.25) is 0 Å². The summed E-state index contributed by atoms with van der Waals surface area (Å²) in [5, 5.41) is 3.50. The third kappa shape index (κ3) is 4.83. The van der Waals surface area contributed by atoms with Crippen molar-refractivity contribution >= 4 is 5.82 Å². The van der Waals surface area contributed by atoms with E-state index in [1.54, 1.807) is 0 Å². The molecule has 1 rings (SSSR count). The van der Waals surface area contributed by atoms with Crippen LogP contribution in [-0.2, 0) is 6.54 Å². The fraction of sp³-hybridized carbons (Fsp3) is 0.688. The summed E-state index contributed by atoms with van der Waals surface area (Å²) < 4.78 is 0. The predicted molar refractivity (Wildman–Crippen MR) is 83.7 cm³/mol. The van der Waals surface area contributed by atoms with E-state index < -0.39 is 0 Å². The highest BCUT2D eigenvalue weighted by molar-refractivity contribution is 5.48. The summed E-state index contributed by atoms with van der Waals surface area (Å²) in [6.07, 6.45) is 1.99. The van der Waals surface area contributed by atoms with Gasteiger partial charge in [0.05, 0.1) is 0 Å². The van der Waals surface area contributed by atoms with Crippen molar-refractivity contribution < 1.29 is 0 Å². The summed E-state index contributed by atoms with van der Waals surface area (Å²) in [5.74, 6) is 1.11. The van der Waals surface area contributed by atoms with Crippen LogP contribution in [0, 0.1) is 6.92 Å². The molecule has 3 heteroatoms. The molecule has 0 aromatic carbocycles. The Bertz CT molecular complexity index is 405. The summed E-state index contributed by atoms with van der Waals surface area (Å²) in [7, 11) is 0. The van der Waals surface area contributed by atoms with Gasteiger partial charge in [0.2, 0.25) is 0 Å². The van der Waals surface area contributed by atoms with Gasteiger partial charge in [-0.2, -0.15) is 0 Å². The number of rotatable bonds is 5. The zero-order chi connectivity index (χ0) is 14.6. The first kappa shape index (κ1) is 16.0. The first-order valence-electron chi connectivity index (χ1n) is 7.21. The SMILES string of the molecule is CCN(c1ncc(CNC(C)(C)C)cc1C)C(C)C. The van der Waals surface area contributed by atoms with Crippen LogP contribution in [0.1, 0.15) is 52.7 Å². The summed E-state index contributed by atoms with van der Waals surface area (Å²) in [5.41, 5.74) is 2.64. The Morgan fingerprint density at radius 1 is 1.32 bits per heavy atom. The zero-order valence-corrected chi connectivity index (χ0v) is 13.5. The standard InChI is InChI=1S/C16H29N3/c1-8-19(12(2)3)15-13(4)9-14(10-17-15)11-18-16(5,6)7/h9-10,12,18H,8,11H2,1-7H3. The molecule has 0 unspecified atom stereocenters. The van der Waals surface area contributed by atoms with Crippen molar-refractivity contribution in [3.63, 3.8) is 0 Å². The Morgan fingerprint density at radius 3 is 2.37 bits per heavy atom. The lowest BCUT2D eigenvalue weighted by molar-refractivity contribution is 0.424. The van der Waals surface area contributed by atoms with Crippen LogP contribution in [0.25, 0.3) is 0 Å². The van der Waals surface area contributed by atoms with Crippen molar-refractivity contribution in [2.24, 2.45) is 0 Å². The normalized spacial score (nSPS) is 12.0. The molecule has 1 heterocycles. The Hall–Kier alpha value is -1.09. The van der Waals surface area contributed by atoms with Gasteiger partial charge in [-0.15, -0.1) is 0 Å². The number of nitrogens with one attached hydrogen (secondary N) is 1. The number of pyridine rings is 1. The molecule has 0 aliphatic rings. The van der Waals surface area contributed by atoms with Crippen molar-refractivity contribution in [1.29, 1.82) is 0 Å². The fourth-order valence-electron chi connectivity index (χ4n) is 2.15. The number of hydrogen-bond donors (Lipinski definition) is 1. The third-order valence-electron chi connectivity index (χ3n) is 3.17. The lowest BCUT2D eigenvalue weighted by atomic mass is 10.1. The molecule has 0 saturated carbocycles. The van der Waals surface area contributed by atoms with Gasteiger partial charge in [0.25, 0.3) is 0 Å². The molecule has 0 aliphatic heterocycles. The van der Waals surface area contributed by atoms with Crippen LogP contribution in [0.3, 0.4) is 0 Å². The number of nitrogens with zero attached hydrogens (tertiary/aromatic N) is 2. The zero-order valence-electron chi connectivity index (χ0n) is 13.5. The van der Waals surface area contributed by atoms with Crippen molar-refractivity contribution in [3.05, 3.63) is 23.4 Å². The van der Waals surface area contributed by atoms with E-state index >= 15 is 0 Å². The van der Waals surface area contributed by atoms with Gasteiger partial charge in [-0.25, -0.2) is 4.98 Å². The van der Waals surface area contributed by atoms with E-state index in [1.807, 2.05) is 6.20 Å². The number of hydrogen-bond acceptors (Lipinski definition) is 3. The second-order valence-corrected chi connectivity index (χ2v) is 6.47. The molecule has 108 valence electrons. The van der Waals surface area contributed by atoms with E-state index in [1.165, 1.54) is 11.1 Å². The van der Waals surface area contributed by atoms with Crippen LogP contribution in [-0.4, -0.2) is 23.1 Å². The largest absolute Gasteiger partial charge is 0.354 e. The summed E-state index contributed by atoms with van der Waals surface area (Å²) in [6.45, 7) is 17.1. The van der Waals surface area contributed by atoms with Crippen molar-refractivity contribution in [3.8, 4) is 0 Å². The fourth-order valence-corrected chi connectivity index (χ4v) is 2.15. The molecule has 0 atom stereocenters. The molecule has 1 aromatic heterocycles. The average Bonchev–Trinajstić information content (AvgIpc) is 2.28. The van der Waals surface area contributed by atoms with Gasteiger partial charge >= 0.3 is 0 Å². The average molecular weight is 263 g/mol. The smallest absolute Gasteiger partial charge is 0.131 e.